The predicted octanol–water partition coefficient (Wildman–Crippen LogP) is 2.81. The Morgan fingerprint density at radius 2 is 1.70 bits per heavy atom. The van der Waals surface area contributed by atoms with Gasteiger partial charge in [0.05, 0.1) is 25.4 Å². The summed E-state index contributed by atoms with van der Waals surface area (Å²) in [5, 5.41) is 40.6. The van der Waals surface area contributed by atoms with Gasteiger partial charge in [-0.15, -0.1) is 0 Å². The van der Waals surface area contributed by atoms with Gasteiger partial charge in [0.25, 0.3) is 0 Å². The molecule has 3 unspecified atom stereocenters. The Kier molecular flexibility index (Phi) is 8.89. The van der Waals surface area contributed by atoms with Gasteiger partial charge in [-0.2, -0.15) is 0 Å². The van der Waals surface area contributed by atoms with E-state index in [9.17, 15) is 20.1 Å². The molecule has 5 N–H and O–H groups in total. The van der Waals surface area contributed by atoms with E-state index < -0.39 is 12.2 Å². The van der Waals surface area contributed by atoms with Gasteiger partial charge in [0.15, 0.2) is 0 Å². The van der Waals surface area contributed by atoms with Gasteiger partial charge in [0.1, 0.15) is 11.9 Å². The quantitative estimate of drug-likeness (QED) is 0.273. The van der Waals surface area contributed by atoms with Gasteiger partial charge in [-0.3, -0.25) is 4.79 Å². The highest BCUT2D eigenvalue weighted by Gasteiger charge is 2.35. The first-order chi connectivity index (χ1) is 17.9. The number of aromatic nitrogens is 2. The predicted molar refractivity (Wildman–Crippen MR) is 141 cm³/mol. The number of hydrogen-bond acceptors (Lipinski definition) is 6. The Morgan fingerprint density at radius 3 is 2.30 bits per heavy atom. The van der Waals surface area contributed by atoms with Crippen LogP contribution in [0.4, 0.5) is 0 Å². The molecular formula is C29H35N3O5. The van der Waals surface area contributed by atoms with E-state index in [0.717, 1.165) is 29.5 Å². The minimum atomic E-state index is -0.916. The maximum absolute atomic E-state index is 12.2. The second-order valence-electron chi connectivity index (χ2n) is 9.67. The van der Waals surface area contributed by atoms with E-state index in [2.05, 4.69) is 46.7 Å². The Bertz CT molecular complexity index is 1180. The molecule has 1 aliphatic carbocycles. The normalized spacial score (nSPS) is 19.8. The number of imidazole rings is 1. The van der Waals surface area contributed by atoms with Gasteiger partial charge in [-0.25, -0.2) is 4.98 Å². The second-order valence-corrected chi connectivity index (χ2v) is 9.67. The molecule has 0 aliphatic heterocycles. The molecule has 8 nitrogen and oxygen atoms in total. The topological polar surface area (TPSA) is 128 Å². The zero-order chi connectivity index (χ0) is 26.4. The number of nitrogens with one attached hydrogen (secondary N) is 1. The maximum Gasteiger partial charge on any atom is 0.223 e. The number of rotatable bonds is 11. The van der Waals surface area contributed by atoms with Crippen LogP contribution in [0, 0.1) is 5.92 Å². The van der Waals surface area contributed by atoms with Gasteiger partial charge < -0.3 is 30.3 Å². The van der Waals surface area contributed by atoms with Gasteiger partial charge in [-0.1, -0.05) is 60.7 Å². The SMILES string of the molecule is CC(O)c1nccn1C(/C=C/c1ccc(-c2ccc(C3CC(C(=O)NCC(O)CO)C3)cc2)cc1)CO. The number of carbonyl (C=O) groups is 1. The van der Waals surface area contributed by atoms with Crippen molar-refractivity contribution in [2.75, 3.05) is 19.8 Å². The van der Waals surface area contributed by atoms with Crippen molar-refractivity contribution in [3.8, 4) is 11.1 Å². The number of amides is 1. The van der Waals surface area contributed by atoms with Crippen molar-refractivity contribution in [2.45, 2.75) is 43.9 Å². The summed E-state index contributed by atoms with van der Waals surface area (Å²) in [5.41, 5.74) is 4.43. The zero-order valence-electron chi connectivity index (χ0n) is 20.9. The van der Waals surface area contributed by atoms with E-state index in [1.807, 2.05) is 24.3 Å². The number of carbonyl (C=O) groups excluding carboxylic acids is 1. The molecule has 2 aromatic carbocycles. The molecule has 8 heteroatoms. The van der Waals surface area contributed by atoms with Crippen molar-refractivity contribution in [3.63, 3.8) is 0 Å². The fraction of sp³-hybridized carbons (Fsp3) is 0.379. The van der Waals surface area contributed by atoms with Crippen LogP contribution in [0.15, 0.2) is 67.0 Å². The molecular weight excluding hydrogens is 470 g/mol. The summed E-state index contributed by atoms with van der Waals surface area (Å²) in [7, 11) is 0. The van der Waals surface area contributed by atoms with Gasteiger partial charge in [0.2, 0.25) is 5.91 Å². The van der Waals surface area contributed by atoms with Gasteiger partial charge in [0, 0.05) is 24.9 Å². The Balaban J connectivity index is 1.32. The molecule has 0 saturated heterocycles. The summed E-state index contributed by atoms with van der Waals surface area (Å²) in [4.78, 5) is 16.3. The highest BCUT2D eigenvalue weighted by atomic mass is 16.3. The molecule has 37 heavy (non-hydrogen) atoms. The van der Waals surface area contributed by atoms with Crippen LogP contribution in [0.25, 0.3) is 17.2 Å². The standard InChI is InChI=1S/C29H35N3O5/c1-19(35)28-30-12-13-32(28)26(17-33)11-4-20-2-5-21(6-3-20)22-7-9-23(10-8-22)24-14-25(15-24)29(37)31-16-27(36)18-34/h2-13,19,24-27,33-36H,14-18H2,1H3,(H,31,37)/b11-4+. The van der Waals surface area contributed by atoms with Crippen LogP contribution >= 0.6 is 0 Å². The third-order valence-electron chi connectivity index (χ3n) is 6.99. The van der Waals surface area contributed by atoms with E-state index in [1.165, 1.54) is 5.56 Å². The summed E-state index contributed by atoms with van der Waals surface area (Å²) in [6, 6.07) is 16.3. The molecule has 0 spiro atoms. The molecule has 1 amide bonds. The van der Waals surface area contributed by atoms with Crippen molar-refractivity contribution in [1.82, 2.24) is 14.9 Å². The Hall–Kier alpha value is -3.30. The van der Waals surface area contributed by atoms with Crippen LogP contribution < -0.4 is 5.32 Å². The third-order valence-corrected chi connectivity index (χ3v) is 6.99. The number of nitrogens with zero attached hydrogens (tertiary/aromatic N) is 2. The highest BCUT2D eigenvalue weighted by Crippen LogP contribution is 2.42. The molecule has 1 aromatic heterocycles. The molecule has 3 atom stereocenters. The van der Waals surface area contributed by atoms with E-state index >= 15 is 0 Å². The minimum Gasteiger partial charge on any atom is -0.394 e. The number of hydrogen-bond donors (Lipinski definition) is 5. The Labute approximate surface area is 216 Å². The molecule has 0 radical (unpaired) electrons. The van der Waals surface area contributed by atoms with Crippen molar-refractivity contribution >= 4 is 12.0 Å². The molecule has 196 valence electrons. The van der Waals surface area contributed by atoms with E-state index in [4.69, 9.17) is 5.11 Å². The molecule has 4 rings (SSSR count). The summed E-state index contributed by atoms with van der Waals surface area (Å²) >= 11 is 0. The lowest BCUT2D eigenvalue weighted by Crippen LogP contribution is -2.41. The van der Waals surface area contributed by atoms with E-state index in [0.29, 0.717) is 11.7 Å². The molecule has 0 bridgehead atoms. The number of benzene rings is 2. The molecule has 1 heterocycles. The largest absolute Gasteiger partial charge is 0.394 e. The first kappa shape index (κ1) is 26.8. The number of aliphatic hydroxyl groups is 4. The Morgan fingerprint density at radius 1 is 1.05 bits per heavy atom. The third kappa shape index (κ3) is 6.53. The van der Waals surface area contributed by atoms with Crippen molar-refractivity contribution < 1.29 is 25.2 Å². The minimum absolute atomic E-state index is 0.0472. The van der Waals surface area contributed by atoms with Crippen LogP contribution in [0.3, 0.4) is 0 Å². The summed E-state index contributed by atoms with van der Waals surface area (Å²) in [6.45, 7) is 1.27. The number of aliphatic hydroxyl groups excluding tert-OH is 4. The van der Waals surface area contributed by atoms with E-state index in [-0.39, 0.29) is 37.6 Å². The smallest absolute Gasteiger partial charge is 0.223 e. The summed E-state index contributed by atoms with van der Waals surface area (Å²) in [5.74, 6) is 0.757. The van der Waals surface area contributed by atoms with Gasteiger partial charge >= 0.3 is 0 Å². The highest BCUT2D eigenvalue weighted by molar-refractivity contribution is 5.80. The lowest BCUT2D eigenvalue weighted by Gasteiger charge is -2.34. The van der Waals surface area contributed by atoms with Crippen molar-refractivity contribution in [1.29, 1.82) is 0 Å². The van der Waals surface area contributed by atoms with Crippen LogP contribution in [0.2, 0.25) is 0 Å². The van der Waals surface area contributed by atoms with Crippen molar-refractivity contribution in [2.24, 2.45) is 5.92 Å². The van der Waals surface area contributed by atoms with Crippen molar-refractivity contribution in [3.05, 3.63) is 84.0 Å². The average molecular weight is 506 g/mol. The maximum atomic E-state index is 12.2. The van der Waals surface area contributed by atoms with Crippen LogP contribution in [-0.2, 0) is 4.79 Å². The summed E-state index contributed by atoms with van der Waals surface area (Å²) < 4.78 is 1.77. The van der Waals surface area contributed by atoms with Crippen LogP contribution in [-0.4, -0.2) is 61.7 Å². The average Bonchev–Trinajstić information content (AvgIpc) is 3.38. The first-order valence-corrected chi connectivity index (χ1v) is 12.7. The lowest BCUT2D eigenvalue weighted by molar-refractivity contribution is -0.128. The molecule has 1 fully saturated rings. The molecule has 1 aliphatic rings. The second kappa shape index (κ2) is 12.3. The fourth-order valence-corrected chi connectivity index (χ4v) is 4.66. The summed E-state index contributed by atoms with van der Waals surface area (Å²) in [6.07, 6.45) is 7.16. The first-order valence-electron chi connectivity index (χ1n) is 12.7. The lowest BCUT2D eigenvalue weighted by atomic mass is 9.71. The molecule has 1 saturated carbocycles. The fourth-order valence-electron chi connectivity index (χ4n) is 4.66. The zero-order valence-corrected chi connectivity index (χ0v) is 20.9. The van der Waals surface area contributed by atoms with Gasteiger partial charge in [-0.05, 0) is 47.9 Å². The van der Waals surface area contributed by atoms with E-state index in [1.54, 1.807) is 23.9 Å². The van der Waals surface area contributed by atoms with Crippen LogP contribution in [0.1, 0.15) is 54.8 Å². The molecule has 3 aromatic rings. The van der Waals surface area contributed by atoms with Crippen LogP contribution in [0.5, 0.6) is 0 Å². The monoisotopic (exact) mass is 505 g/mol.